The number of aromatic nitrogens is 1. The molecule has 2 aromatic rings. The molecule has 3 rings (SSSR count). The number of carbonyl (C=O) groups is 1. The van der Waals surface area contributed by atoms with Gasteiger partial charge in [-0.25, -0.2) is 0 Å². The molecule has 1 N–H and O–H groups in total. The number of carbonyl (C=O) groups excluding carboxylic acids is 1. The van der Waals surface area contributed by atoms with Crippen LogP contribution in [-0.2, 0) is 24.2 Å². The standard InChI is InChI=1S/C23H33N3O2/c1-16(2)12-19-7-9-20(10-8-19)14-26-11-5-6-21(15-26)24-23(27)13-22-17(3)25-28-18(22)4/h7-10,16,21H,5-6,11-15H2,1-4H3,(H,24,27)/t21-/m0/s1. The number of nitrogens with zero attached hydrogens (tertiary/aromatic N) is 2. The van der Waals surface area contributed by atoms with Gasteiger partial charge in [-0.2, -0.15) is 0 Å². The lowest BCUT2D eigenvalue weighted by molar-refractivity contribution is -0.121. The second-order valence-electron chi connectivity index (χ2n) is 8.54. The number of likely N-dealkylation sites (tertiary alicyclic amines) is 1. The van der Waals surface area contributed by atoms with E-state index in [1.807, 2.05) is 13.8 Å². The van der Waals surface area contributed by atoms with Gasteiger partial charge < -0.3 is 9.84 Å². The van der Waals surface area contributed by atoms with Crippen LogP contribution in [0, 0.1) is 19.8 Å². The Bertz CT molecular complexity index is 760. The van der Waals surface area contributed by atoms with E-state index in [0.717, 1.165) is 55.9 Å². The number of piperidine rings is 1. The predicted molar refractivity (Wildman–Crippen MR) is 111 cm³/mol. The molecule has 1 aliphatic heterocycles. The largest absolute Gasteiger partial charge is 0.361 e. The van der Waals surface area contributed by atoms with Gasteiger partial charge in [0.15, 0.2) is 0 Å². The van der Waals surface area contributed by atoms with Crippen LogP contribution >= 0.6 is 0 Å². The highest BCUT2D eigenvalue weighted by Crippen LogP contribution is 2.17. The third-order valence-corrected chi connectivity index (χ3v) is 5.46. The summed E-state index contributed by atoms with van der Waals surface area (Å²) in [7, 11) is 0. The van der Waals surface area contributed by atoms with Crippen LogP contribution < -0.4 is 5.32 Å². The monoisotopic (exact) mass is 383 g/mol. The second-order valence-corrected chi connectivity index (χ2v) is 8.54. The lowest BCUT2D eigenvalue weighted by atomic mass is 10.0. The molecule has 0 spiro atoms. The smallest absolute Gasteiger partial charge is 0.224 e. The molecule has 28 heavy (non-hydrogen) atoms. The molecule has 5 heteroatoms. The number of nitrogens with one attached hydrogen (secondary N) is 1. The summed E-state index contributed by atoms with van der Waals surface area (Å²) in [5.41, 5.74) is 4.46. The molecule has 1 amide bonds. The summed E-state index contributed by atoms with van der Waals surface area (Å²) in [6.07, 6.45) is 3.62. The first-order chi connectivity index (χ1) is 13.4. The van der Waals surface area contributed by atoms with E-state index in [1.165, 1.54) is 11.1 Å². The molecule has 152 valence electrons. The Morgan fingerprint density at radius 2 is 1.96 bits per heavy atom. The van der Waals surface area contributed by atoms with E-state index in [0.29, 0.717) is 12.3 Å². The highest BCUT2D eigenvalue weighted by Gasteiger charge is 2.22. The van der Waals surface area contributed by atoms with Gasteiger partial charge in [0.1, 0.15) is 5.76 Å². The average Bonchev–Trinajstić information content (AvgIpc) is 2.95. The normalized spacial score (nSPS) is 17.8. The molecular weight excluding hydrogens is 350 g/mol. The predicted octanol–water partition coefficient (Wildman–Crippen LogP) is 3.81. The van der Waals surface area contributed by atoms with Crippen molar-refractivity contribution in [1.29, 1.82) is 0 Å². The van der Waals surface area contributed by atoms with Gasteiger partial charge in [0.05, 0.1) is 12.1 Å². The van der Waals surface area contributed by atoms with Crippen LogP contribution in [0.1, 0.15) is 54.8 Å². The molecule has 1 atom stereocenters. The zero-order chi connectivity index (χ0) is 20.1. The van der Waals surface area contributed by atoms with E-state index in [9.17, 15) is 4.79 Å². The van der Waals surface area contributed by atoms with Crippen LogP contribution in [0.2, 0.25) is 0 Å². The summed E-state index contributed by atoms with van der Waals surface area (Å²) in [5.74, 6) is 1.47. The van der Waals surface area contributed by atoms with Crippen LogP contribution in [0.15, 0.2) is 28.8 Å². The van der Waals surface area contributed by atoms with Crippen molar-refractivity contribution in [3.63, 3.8) is 0 Å². The summed E-state index contributed by atoms with van der Waals surface area (Å²) >= 11 is 0. The zero-order valence-corrected chi connectivity index (χ0v) is 17.6. The van der Waals surface area contributed by atoms with Crippen molar-refractivity contribution in [1.82, 2.24) is 15.4 Å². The second kappa shape index (κ2) is 9.37. The molecule has 2 heterocycles. The lowest BCUT2D eigenvalue weighted by Gasteiger charge is -2.33. The Kier molecular flexibility index (Phi) is 6.89. The summed E-state index contributed by atoms with van der Waals surface area (Å²) in [6, 6.07) is 9.21. The fourth-order valence-electron chi connectivity index (χ4n) is 4.02. The van der Waals surface area contributed by atoms with Crippen molar-refractivity contribution >= 4 is 5.91 Å². The average molecular weight is 384 g/mol. The van der Waals surface area contributed by atoms with Crippen LogP contribution in [0.3, 0.4) is 0 Å². The van der Waals surface area contributed by atoms with Gasteiger partial charge in [-0.3, -0.25) is 9.69 Å². The fraction of sp³-hybridized carbons (Fsp3) is 0.565. The van der Waals surface area contributed by atoms with E-state index in [2.05, 4.69) is 53.5 Å². The Morgan fingerprint density at radius 3 is 2.61 bits per heavy atom. The summed E-state index contributed by atoms with van der Waals surface area (Å²) < 4.78 is 5.16. The quantitative estimate of drug-likeness (QED) is 0.790. The maximum absolute atomic E-state index is 12.5. The van der Waals surface area contributed by atoms with Crippen molar-refractivity contribution < 1.29 is 9.32 Å². The van der Waals surface area contributed by atoms with E-state index < -0.39 is 0 Å². The van der Waals surface area contributed by atoms with Crippen molar-refractivity contribution in [3.05, 3.63) is 52.4 Å². The van der Waals surface area contributed by atoms with Gasteiger partial charge in [0.25, 0.3) is 0 Å². The van der Waals surface area contributed by atoms with Crippen molar-refractivity contribution in [2.75, 3.05) is 13.1 Å². The molecule has 1 saturated heterocycles. The van der Waals surface area contributed by atoms with Crippen LogP contribution in [-0.4, -0.2) is 35.1 Å². The molecule has 0 saturated carbocycles. The van der Waals surface area contributed by atoms with Gasteiger partial charge in [-0.15, -0.1) is 0 Å². The third-order valence-electron chi connectivity index (χ3n) is 5.46. The maximum Gasteiger partial charge on any atom is 0.224 e. The molecule has 0 bridgehead atoms. The Labute approximate surface area is 168 Å². The van der Waals surface area contributed by atoms with Crippen LogP contribution in [0.5, 0.6) is 0 Å². The lowest BCUT2D eigenvalue weighted by Crippen LogP contribution is -2.47. The highest BCUT2D eigenvalue weighted by atomic mass is 16.5. The van der Waals surface area contributed by atoms with Crippen LogP contribution in [0.25, 0.3) is 0 Å². The first-order valence-corrected chi connectivity index (χ1v) is 10.4. The molecule has 0 radical (unpaired) electrons. The first kappa shape index (κ1) is 20.6. The van der Waals surface area contributed by atoms with E-state index in [-0.39, 0.29) is 11.9 Å². The molecule has 1 fully saturated rings. The molecule has 5 nitrogen and oxygen atoms in total. The molecule has 1 aliphatic rings. The van der Waals surface area contributed by atoms with Gasteiger partial charge in [0, 0.05) is 24.7 Å². The van der Waals surface area contributed by atoms with Crippen molar-refractivity contribution in [3.8, 4) is 0 Å². The molecule has 1 aromatic heterocycles. The Morgan fingerprint density at radius 1 is 1.25 bits per heavy atom. The SMILES string of the molecule is Cc1noc(C)c1CC(=O)N[C@H]1CCCN(Cc2ccc(CC(C)C)cc2)C1. The molecule has 0 unspecified atom stereocenters. The van der Waals surface area contributed by atoms with Crippen LogP contribution in [0.4, 0.5) is 0 Å². The first-order valence-electron chi connectivity index (χ1n) is 10.4. The minimum atomic E-state index is 0.0549. The number of rotatable bonds is 7. The molecule has 0 aliphatic carbocycles. The number of aryl methyl sites for hydroxylation is 2. The highest BCUT2D eigenvalue weighted by molar-refractivity contribution is 5.79. The number of hydrogen-bond acceptors (Lipinski definition) is 4. The van der Waals surface area contributed by atoms with Gasteiger partial charge in [-0.1, -0.05) is 43.3 Å². The van der Waals surface area contributed by atoms with Crippen molar-refractivity contribution in [2.45, 2.75) is 66.0 Å². The third kappa shape index (κ3) is 5.68. The summed E-state index contributed by atoms with van der Waals surface area (Å²) in [5, 5.41) is 7.14. The van der Waals surface area contributed by atoms with Gasteiger partial charge >= 0.3 is 0 Å². The minimum absolute atomic E-state index is 0.0549. The van der Waals surface area contributed by atoms with Crippen molar-refractivity contribution in [2.24, 2.45) is 5.92 Å². The van der Waals surface area contributed by atoms with Gasteiger partial charge in [0.2, 0.25) is 5.91 Å². The summed E-state index contributed by atoms with van der Waals surface area (Å²) in [6.45, 7) is 11.2. The molecule has 1 aromatic carbocycles. The summed E-state index contributed by atoms with van der Waals surface area (Å²) in [4.78, 5) is 14.9. The van der Waals surface area contributed by atoms with E-state index in [4.69, 9.17) is 4.52 Å². The zero-order valence-electron chi connectivity index (χ0n) is 17.6. The maximum atomic E-state index is 12.5. The van der Waals surface area contributed by atoms with Gasteiger partial charge in [-0.05, 0) is 56.7 Å². The fourth-order valence-corrected chi connectivity index (χ4v) is 4.02. The number of hydrogen-bond donors (Lipinski definition) is 1. The van der Waals surface area contributed by atoms with E-state index in [1.54, 1.807) is 0 Å². The Balaban J connectivity index is 1.50. The topological polar surface area (TPSA) is 58.4 Å². The minimum Gasteiger partial charge on any atom is -0.361 e. The van der Waals surface area contributed by atoms with E-state index >= 15 is 0 Å². The molecular formula is C23H33N3O2. The number of benzene rings is 1. The Hall–Kier alpha value is -2.14. The number of amides is 1.